The number of H-pyrrole nitrogens is 1. The van der Waals surface area contributed by atoms with E-state index in [0.717, 1.165) is 11.1 Å². The van der Waals surface area contributed by atoms with E-state index < -0.39 is 6.09 Å². The number of thiazole rings is 1. The van der Waals surface area contributed by atoms with Crippen LogP contribution in [0.1, 0.15) is 24.2 Å². The Morgan fingerprint density at radius 1 is 1.27 bits per heavy atom. The first-order valence-electron chi connectivity index (χ1n) is 9.89. The molecule has 0 saturated heterocycles. The fourth-order valence-corrected chi connectivity index (χ4v) is 4.12. The van der Waals surface area contributed by atoms with Crippen molar-refractivity contribution in [3.05, 3.63) is 75.4 Å². The Kier molecular flexibility index (Phi) is 6.76. The third kappa shape index (κ3) is 5.41. The van der Waals surface area contributed by atoms with Crippen LogP contribution in [0.15, 0.2) is 53.6 Å². The molecule has 3 heterocycles. The summed E-state index contributed by atoms with van der Waals surface area (Å²) < 4.78 is 10.4. The molecular formula is C22H20ClN5O4S. The third-order valence-corrected chi connectivity index (χ3v) is 5.89. The predicted octanol–water partition coefficient (Wildman–Crippen LogP) is 4.96. The van der Waals surface area contributed by atoms with E-state index in [1.807, 2.05) is 25.1 Å². The number of pyridine rings is 2. The van der Waals surface area contributed by atoms with Gasteiger partial charge in [0.05, 0.1) is 35.6 Å². The molecule has 4 rings (SSSR count). The van der Waals surface area contributed by atoms with Crippen molar-refractivity contribution >= 4 is 50.1 Å². The molecule has 1 aromatic carbocycles. The molecule has 1 atom stereocenters. The van der Waals surface area contributed by atoms with E-state index >= 15 is 0 Å². The van der Waals surface area contributed by atoms with Crippen LogP contribution in [0.5, 0.6) is 5.75 Å². The van der Waals surface area contributed by atoms with Gasteiger partial charge in [-0.1, -0.05) is 29.0 Å². The minimum Gasteiger partial charge on any atom is -0.486 e. The molecule has 0 spiro atoms. The van der Waals surface area contributed by atoms with E-state index in [0.29, 0.717) is 32.0 Å². The van der Waals surface area contributed by atoms with Crippen molar-refractivity contribution in [3.8, 4) is 5.75 Å². The number of aromatic amines is 1. The van der Waals surface area contributed by atoms with Gasteiger partial charge in [0.2, 0.25) is 0 Å². The van der Waals surface area contributed by atoms with Gasteiger partial charge < -0.3 is 19.8 Å². The van der Waals surface area contributed by atoms with Crippen molar-refractivity contribution in [2.24, 2.45) is 0 Å². The Morgan fingerprint density at radius 2 is 2.12 bits per heavy atom. The van der Waals surface area contributed by atoms with Gasteiger partial charge in [0.1, 0.15) is 17.4 Å². The molecule has 0 aliphatic carbocycles. The zero-order valence-corrected chi connectivity index (χ0v) is 19.3. The molecule has 0 radical (unpaired) electrons. The molecule has 1 unspecified atom stereocenters. The van der Waals surface area contributed by atoms with E-state index in [9.17, 15) is 9.59 Å². The first-order chi connectivity index (χ1) is 15.9. The quantitative estimate of drug-likeness (QED) is 0.338. The van der Waals surface area contributed by atoms with Crippen molar-refractivity contribution in [1.29, 1.82) is 0 Å². The molecule has 0 aliphatic rings. The molecule has 0 fully saturated rings. The maximum atomic E-state index is 12.8. The van der Waals surface area contributed by atoms with Crippen LogP contribution in [0.25, 0.3) is 10.9 Å². The summed E-state index contributed by atoms with van der Waals surface area (Å²) in [6.07, 6.45) is 2.62. The van der Waals surface area contributed by atoms with Crippen LogP contribution in [0.3, 0.4) is 0 Å². The number of carbonyl (C=O) groups is 1. The topological polar surface area (TPSA) is 118 Å². The van der Waals surface area contributed by atoms with Gasteiger partial charge in [-0.3, -0.25) is 15.1 Å². The third-order valence-electron chi connectivity index (χ3n) is 4.75. The summed E-state index contributed by atoms with van der Waals surface area (Å²) in [7, 11) is 1.28. The van der Waals surface area contributed by atoms with Crippen LogP contribution in [0, 0.1) is 0 Å². The average molecular weight is 486 g/mol. The number of hydrogen-bond donors (Lipinski definition) is 3. The van der Waals surface area contributed by atoms with Gasteiger partial charge in [0.15, 0.2) is 5.13 Å². The Labute approximate surface area is 197 Å². The van der Waals surface area contributed by atoms with Crippen molar-refractivity contribution in [3.63, 3.8) is 0 Å². The lowest BCUT2D eigenvalue weighted by molar-refractivity contribution is 0.187. The van der Waals surface area contributed by atoms with E-state index in [-0.39, 0.29) is 18.2 Å². The summed E-state index contributed by atoms with van der Waals surface area (Å²) in [5, 5.41) is 7.98. The molecule has 3 aromatic heterocycles. The van der Waals surface area contributed by atoms with Gasteiger partial charge in [0.25, 0.3) is 5.56 Å². The molecule has 1 amide bonds. The van der Waals surface area contributed by atoms with Crippen LogP contribution in [-0.4, -0.2) is 28.2 Å². The van der Waals surface area contributed by atoms with Gasteiger partial charge >= 0.3 is 6.09 Å². The number of carbonyl (C=O) groups excluding carboxylic acids is 1. The van der Waals surface area contributed by atoms with Gasteiger partial charge in [-0.05, 0) is 31.2 Å². The van der Waals surface area contributed by atoms with Crippen LogP contribution < -0.4 is 20.9 Å². The second kappa shape index (κ2) is 9.88. The molecular weight excluding hydrogens is 466 g/mol. The molecule has 9 nitrogen and oxygen atoms in total. The summed E-state index contributed by atoms with van der Waals surface area (Å²) in [5.41, 5.74) is 1.64. The summed E-state index contributed by atoms with van der Waals surface area (Å²) in [6.45, 7) is 2.10. The lowest BCUT2D eigenvalue weighted by Gasteiger charge is -2.14. The molecule has 170 valence electrons. The lowest BCUT2D eigenvalue weighted by atomic mass is 10.1. The molecule has 0 saturated carbocycles. The monoisotopic (exact) mass is 485 g/mol. The molecule has 4 aromatic rings. The number of hydrogen-bond acceptors (Lipinski definition) is 8. The van der Waals surface area contributed by atoms with Gasteiger partial charge in [-0.25, -0.2) is 9.78 Å². The van der Waals surface area contributed by atoms with E-state index in [1.165, 1.54) is 24.6 Å². The van der Waals surface area contributed by atoms with Gasteiger partial charge in [-0.2, -0.15) is 0 Å². The highest BCUT2D eigenvalue weighted by atomic mass is 35.5. The first kappa shape index (κ1) is 22.6. The normalized spacial score (nSPS) is 11.7. The van der Waals surface area contributed by atoms with Gasteiger partial charge in [-0.15, -0.1) is 0 Å². The Morgan fingerprint density at radius 3 is 2.88 bits per heavy atom. The number of anilines is 2. The summed E-state index contributed by atoms with van der Waals surface area (Å²) in [6, 6.07) is 10.4. The summed E-state index contributed by atoms with van der Waals surface area (Å²) in [4.78, 5) is 35.4. The van der Waals surface area contributed by atoms with Crippen molar-refractivity contribution in [2.75, 3.05) is 17.7 Å². The average Bonchev–Trinajstić information content (AvgIpc) is 3.24. The molecule has 3 N–H and O–H groups in total. The fraction of sp³-hybridized carbons (Fsp3) is 0.182. The van der Waals surface area contributed by atoms with Crippen molar-refractivity contribution < 1.29 is 14.3 Å². The minimum absolute atomic E-state index is 0.245. The largest absolute Gasteiger partial charge is 0.486 e. The van der Waals surface area contributed by atoms with Crippen LogP contribution >= 0.6 is 22.9 Å². The molecule has 33 heavy (non-hydrogen) atoms. The molecule has 0 bridgehead atoms. The maximum Gasteiger partial charge on any atom is 0.412 e. The fourth-order valence-electron chi connectivity index (χ4n) is 3.10. The number of amides is 1. The highest BCUT2D eigenvalue weighted by Gasteiger charge is 2.15. The predicted molar refractivity (Wildman–Crippen MR) is 128 cm³/mol. The molecule has 11 heteroatoms. The summed E-state index contributed by atoms with van der Waals surface area (Å²) >= 11 is 7.65. The van der Waals surface area contributed by atoms with Crippen molar-refractivity contribution in [2.45, 2.75) is 19.6 Å². The van der Waals surface area contributed by atoms with E-state index in [2.05, 4.69) is 30.3 Å². The highest BCUT2D eigenvalue weighted by Crippen LogP contribution is 2.31. The first-order valence-corrected chi connectivity index (χ1v) is 11.1. The van der Waals surface area contributed by atoms with Gasteiger partial charge in [0, 0.05) is 23.2 Å². The molecule has 0 aliphatic heterocycles. The Balaban J connectivity index is 1.52. The number of ether oxygens (including phenoxy) is 2. The zero-order chi connectivity index (χ0) is 23.4. The van der Waals surface area contributed by atoms with E-state index in [4.69, 9.17) is 16.3 Å². The number of fused-ring (bicyclic) bond motifs is 1. The second-order valence-corrected chi connectivity index (χ2v) is 8.48. The number of rotatable bonds is 7. The lowest BCUT2D eigenvalue weighted by Crippen LogP contribution is -2.19. The number of nitrogens with one attached hydrogen (secondary N) is 3. The smallest absolute Gasteiger partial charge is 0.412 e. The Hall–Kier alpha value is -3.63. The van der Waals surface area contributed by atoms with Crippen LogP contribution in [0.4, 0.5) is 14.9 Å². The number of halogens is 1. The Bertz CT molecular complexity index is 1340. The number of methoxy groups -OCH3 is 1. The zero-order valence-electron chi connectivity index (χ0n) is 17.7. The van der Waals surface area contributed by atoms with Crippen LogP contribution in [0.2, 0.25) is 5.02 Å². The standard InChI is InChI=1S/C22H20ClN5O4S/c1-12(26-21-25-10-19(33-21)28-22(30)31-2)15-7-13-8-16(23)18(9-17(13)27-20(15)29)32-11-14-5-3-4-6-24-14/h3-10,12H,11H2,1-2H3,(H,25,26)(H,27,29)(H,28,30). The summed E-state index contributed by atoms with van der Waals surface area (Å²) in [5.74, 6) is 0.456. The number of aromatic nitrogens is 3. The van der Waals surface area contributed by atoms with Crippen LogP contribution in [-0.2, 0) is 11.3 Å². The minimum atomic E-state index is -0.579. The second-order valence-electron chi connectivity index (χ2n) is 7.05. The SMILES string of the molecule is COC(=O)Nc1cnc(NC(C)c2cc3cc(Cl)c(OCc4ccccn4)cc3[nH]c2=O)s1. The maximum absolute atomic E-state index is 12.8. The number of nitrogens with zero attached hydrogens (tertiary/aromatic N) is 2. The van der Waals surface area contributed by atoms with E-state index in [1.54, 1.807) is 24.4 Å². The number of benzene rings is 1. The highest BCUT2D eigenvalue weighted by molar-refractivity contribution is 7.19. The van der Waals surface area contributed by atoms with Crippen molar-refractivity contribution in [1.82, 2.24) is 15.0 Å².